The zero-order chi connectivity index (χ0) is 16.7. The number of phenolic OH excluding ortho intramolecular Hbond substituents is 2. The van der Waals surface area contributed by atoms with E-state index in [1.807, 2.05) is 0 Å². The minimum absolute atomic E-state index is 0. The molecular weight excluding hydrogens is 414 g/mol. The van der Waals surface area contributed by atoms with Crippen molar-refractivity contribution in [3.63, 3.8) is 0 Å². The third kappa shape index (κ3) is 6.09. The Kier molecular flexibility index (Phi) is 9.81. The van der Waals surface area contributed by atoms with Crippen LogP contribution in [-0.2, 0) is 20.2 Å². The number of hydrogen-bond acceptors (Lipinski definition) is 8. The summed E-state index contributed by atoms with van der Waals surface area (Å²) in [6.45, 7) is 0. The SMILES string of the molecule is O=S(=O)([O-])c1cc(O)ccc1-c1ccc(O)cc1S(=O)(=O)[O-].[K+].[K+]. The summed E-state index contributed by atoms with van der Waals surface area (Å²) in [5.41, 5.74) is -0.746. The molecule has 0 saturated heterocycles. The van der Waals surface area contributed by atoms with Crippen LogP contribution < -0.4 is 103 Å². The van der Waals surface area contributed by atoms with Gasteiger partial charge in [-0.1, -0.05) is 0 Å². The van der Waals surface area contributed by atoms with Gasteiger partial charge in [0.2, 0.25) is 0 Å². The smallest absolute Gasteiger partial charge is 0.744 e. The van der Waals surface area contributed by atoms with Gasteiger partial charge in [0.05, 0.1) is 9.79 Å². The van der Waals surface area contributed by atoms with Gasteiger partial charge in [0, 0.05) is 11.1 Å². The van der Waals surface area contributed by atoms with Gasteiger partial charge in [-0.15, -0.1) is 0 Å². The van der Waals surface area contributed by atoms with Crippen LogP contribution in [0.3, 0.4) is 0 Å². The van der Waals surface area contributed by atoms with Crippen molar-refractivity contribution in [3.05, 3.63) is 36.4 Å². The molecule has 0 radical (unpaired) electrons. The van der Waals surface area contributed by atoms with Gasteiger partial charge in [0.25, 0.3) is 0 Å². The van der Waals surface area contributed by atoms with E-state index in [9.17, 15) is 36.2 Å². The Morgan fingerprint density at radius 1 is 0.667 bits per heavy atom. The Morgan fingerprint density at radius 2 is 0.958 bits per heavy atom. The quantitative estimate of drug-likeness (QED) is 0.367. The second-order valence-corrected chi connectivity index (χ2v) is 6.97. The van der Waals surface area contributed by atoms with Crippen LogP contribution in [0.4, 0.5) is 0 Å². The Labute approximate surface area is 223 Å². The fraction of sp³-hybridized carbons (Fsp3) is 0. The molecule has 0 bridgehead atoms. The second-order valence-electron chi connectivity index (χ2n) is 4.27. The average Bonchev–Trinajstić information content (AvgIpc) is 2.37. The predicted octanol–water partition coefficient (Wildman–Crippen LogP) is -5.42. The topological polar surface area (TPSA) is 155 Å². The van der Waals surface area contributed by atoms with Gasteiger partial charge in [0.15, 0.2) is 0 Å². The van der Waals surface area contributed by atoms with Crippen molar-refractivity contribution in [2.45, 2.75) is 9.79 Å². The maximum atomic E-state index is 11.3. The Bertz CT molecular complexity index is 876. The third-order valence-electron chi connectivity index (χ3n) is 2.76. The Hall–Kier alpha value is 1.13. The van der Waals surface area contributed by atoms with E-state index in [1.54, 1.807) is 0 Å². The monoisotopic (exact) mass is 422 g/mol. The van der Waals surface area contributed by atoms with Crippen molar-refractivity contribution in [2.24, 2.45) is 0 Å². The number of hydrogen-bond donors (Lipinski definition) is 2. The van der Waals surface area contributed by atoms with E-state index < -0.39 is 41.5 Å². The number of aromatic hydroxyl groups is 2. The van der Waals surface area contributed by atoms with E-state index in [1.165, 1.54) is 0 Å². The maximum Gasteiger partial charge on any atom is 1.00 e. The molecule has 2 N–H and O–H groups in total. The fourth-order valence-corrected chi connectivity index (χ4v) is 3.31. The fourth-order valence-electron chi connectivity index (χ4n) is 1.88. The number of phenols is 2. The first-order valence-electron chi connectivity index (χ1n) is 5.58. The summed E-state index contributed by atoms with van der Waals surface area (Å²) in [5, 5.41) is 18.6. The van der Waals surface area contributed by atoms with Gasteiger partial charge >= 0.3 is 103 Å². The van der Waals surface area contributed by atoms with Crippen molar-refractivity contribution in [1.29, 1.82) is 0 Å². The molecule has 24 heavy (non-hydrogen) atoms. The molecule has 0 heterocycles. The van der Waals surface area contributed by atoms with Crippen molar-refractivity contribution >= 4 is 20.2 Å². The molecule has 0 saturated carbocycles. The average molecular weight is 423 g/mol. The molecule has 2 aromatic carbocycles. The minimum atomic E-state index is -5.05. The van der Waals surface area contributed by atoms with Gasteiger partial charge in [-0.05, 0) is 36.4 Å². The van der Waals surface area contributed by atoms with E-state index in [0.717, 1.165) is 24.3 Å². The van der Waals surface area contributed by atoms with Gasteiger partial charge in [-0.3, -0.25) is 0 Å². The van der Waals surface area contributed by atoms with E-state index in [4.69, 9.17) is 0 Å². The van der Waals surface area contributed by atoms with Crippen LogP contribution in [0.5, 0.6) is 11.5 Å². The third-order valence-corrected chi connectivity index (χ3v) is 4.51. The van der Waals surface area contributed by atoms with Crippen LogP contribution in [0.1, 0.15) is 0 Å². The molecule has 0 atom stereocenters. The molecule has 118 valence electrons. The molecule has 2 aromatic rings. The molecule has 0 aliphatic heterocycles. The van der Waals surface area contributed by atoms with Gasteiger partial charge in [0.1, 0.15) is 31.7 Å². The van der Waals surface area contributed by atoms with Crippen molar-refractivity contribution in [3.8, 4) is 22.6 Å². The molecule has 0 fully saturated rings. The van der Waals surface area contributed by atoms with E-state index in [-0.39, 0.29) is 114 Å². The van der Waals surface area contributed by atoms with E-state index >= 15 is 0 Å². The van der Waals surface area contributed by atoms with Crippen LogP contribution >= 0.6 is 0 Å². The number of benzene rings is 2. The normalized spacial score (nSPS) is 11.2. The molecule has 0 aliphatic carbocycles. The van der Waals surface area contributed by atoms with E-state index in [2.05, 4.69) is 0 Å². The first kappa shape index (κ1) is 25.1. The molecule has 2 rings (SSSR count). The molecule has 12 heteroatoms. The zero-order valence-electron chi connectivity index (χ0n) is 12.6. The Morgan fingerprint density at radius 3 is 1.21 bits per heavy atom. The summed E-state index contributed by atoms with van der Waals surface area (Å²) >= 11 is 0. The molecular formula is C12H8K2O8S2. The van der Waals surface area contributed by atoms with Crippen LogP contribution in [0.25, 0.3) is 11.1 Å². The van der Waals surface area contributed by atoms with Crippen LogP contribution in [-0.4, -0.2) is 36.2 Å². The van der Waals surface area contributed by atoms with Crippen LogP contribution in [0.2, 0.25) is 0 Å². The zero-order valence-corrected chi connectivity index (χ0v) is 20.5. The predicted molar refractivity (Wildman–Crippen MR) is 71.1 cm³/mol. The van der Waals surface area contributed by atoms with Crippen molar-refractivity contribution in [1.82, 2.24) is 0 Å². The van der Waals surface area contributed by atoms with E-state index in [0.29, 0.717) is 12.1 Å². The molecule has 0 amide bonds. The summed E-state index contributed by atoms with van der Waals surface area (Å²) in [6, 6.07) is 5.32. The second kappa shape index (κ2) is 9.37. The van der Waals surface area contributed by atoms with Gasteiger partial charge in [-0.25, -0.2) is 16.8 Å². The first-order chi connectivity index (χ1) is 10.00. The van der Waals surface area contributed by atoms with Crippen molar-refractivity contribution in [2.75, 3.05) is 0 Å². The minimum Gasteiger partial charge on any atom is -0.744 e. The van der Waals surface area contributed by atoms with Gasteiger partial charge < -0.3 is 19.3 Å². The van der Waals surface area contributed by atoms with Gasteiger partial charge in [-0.2, -0.15) is 0 Å². The molecule has 0 aromatic heterocycles. The number of rotatable bonds is 3. The maximum absolute atomic E-state index is 11.3. The molecule has 0 aliphatic rings. The van der Waals surface area contributed by atoms with Crippen molar-refractivity contribution < 1.29 is 139 Å². The molecule has 0 spiro atoms. The molecule has 8 nitrogen and oxygen atoms in total. The van der Waals surface area contributed by atoms with Crippen LogP contribution in [0, 0.1) is 0 Å². The Balaban J connectivity index is 0.00000264. The summed E-state index contributed by atoms with van der Waals surface area (Å²) in [4.78, 5) is -1.77. The standard InChI is InChI=1S/C12H10O8S2.2K/c13-7-1-3-9(11(5-7)21(15,16)17)10-4-2-8(14)6-12(10)22(18,19)20;;/h1-6,13-14H,(H,15,16,17)(H,18,19,20);;/q;2*+1/p-2. The summed E-state index contributed by atoms with van der Waals surface area (Å²) in [7, 11) is -10.1. The molecule has 0 unspecified atom stereocenters. The first-order valence-corrected chi connectivity index (χ1v) is 8.40. The largest absolute Gasteiger partial charge is 1.00 e. The van der Waals surface area contributed by atoms with Crippen LogP contribution in [0.15, 0.2) is 46.2 Å². The summed E-state index contributed by atoms with van der Waals surface area (Å²) in [6.07, 6.45) is 0. The summed E-state index contributed by atoms with van der Waals surface area (Å²) < 4.78 is 67.6. The summed E-state index contributed by atoms with van der Waals surface area (Å²) in [5.74, 6) is -1.05.